The molecule has 3 aromatic rings. The summed E-state index contributed by atoms with van der Waals surface area (Å²) < 4.78 is 12.5. The first-order chi connectivity index (χ1) is 15.0. The topological polar surface area (TPSA) is 103 Å². The normalized spacial score (nSPS) is 14.0. The molecule has 8 nitrogen and oxygen atoms in total. The van der Waals surface area contributed by atoms with Gasteiger partial charge in [0.15, 0.2) is 0 Å². The lowest BCUT2D eigenvalue weighted by atomic mass is 10.1. The Morgan fingerprint density at radius 3 is 2.74 bits per heavy atom. The molecule has 1 aliphatic rings. The second-order valence-corrected chi connectivity index (χ2v) is 7.78. The van der Waals surface area contributed by atoms with Crippen molar-refractivity contribution in [3.05, 3.63) is 53.7 Å². The number of hydrogen-bond donors (Lipinski definition) is 2. The Labute approximate surface area is 179 Å². The maximum absolute atomic E-state index is 12.2. The number of hydrogen-bond acceptors (Lipinski definition) is 5. The number of anilines is 1. The van der Waals surface area contributed by atoms with Crippen molar-refractivity contribution in [2.24, 2.45) is 5.92 Å². The average Bonchev–Trinajstić information content (AvgIpc) is 3.42. The van der Waals surface area contributed by atoms with E-state index >= 15 is 0 Å². The van der Waals surface area contributed by atoms with Crippen LogP contribution in [-0.4, -0.2) is 40.7 Å². The number of nitrogens with one attached hydrogen (secondary N) is 1. The minimum Gasteiger partial charge on any atom is -0.496 e. The molecule has 1 saturated carbocycles. The Balaban J connectivity index is 1.49. The van der Waals surface area contributed by atoms with E-state index in [-0.39, 0.29) is 5.56 Å². The molecule has 1 aliphatic carbocycles. The van der Waals surface area contributed by atoms with Gasteiger partial charge in [-0.2, -0.15) is 5.10 Å². The van der Waals surface area contributed by atoms with Gasteiger partial charge in [-0.15, -0.1) is 0 Å². The third-order valence-electron chi connectivity index (χ3n) is 5.67. The summed E-state index contributed by atoms with van der Waals surface area (Å²) in [5.74, 6) is -0.0598. The average molecular weight is 423 g/mol. The summed E-state index contributed by atoms with van der Waals surface area (Å²) in [5.41, 5.74) is 2.41. The number of benzene rings is 2. The van der Waals surface area contributed by atoms with Crippen LogP contribution >= 0.6 is 0 Å². The number of aromatic nitrogens is 2. The molecular formula is C23H25N3O5. The minimum atomic E-state index is -1.01. The Morgan fingerprint density at radius 2 is 2.00 bits per heavy atom. The van der Waals surface area contributed by atoms with Gasteiger partial charge < -0.3 is 14.6 Å². The Kier molecular flexibility index (Phi) is 6.06. The highest BCUT2D eigenvalue weighted by atomic mass is 16.5. The number of nitrogens with zero attached hydrogens (tertiary/aromatic N) is 2. The molecule has 162 valence electrons. The predicted molar refractivity (Wildman–Crippen MR) is 116 cm³/mol. The van der Waals surface area contributed by atoms with Crippen molar-refractivity contribution in [1.29, 1.82) is 0 Å². The minimum absolute atomic E-state index is 0.161. The quantitative estimate of drug-likeness (QED) is 0.579. The zero-order valence-electron chi connectivity index (χ0n) is 17.3. The molecule has 4 rings (SSSR count). The van der Waals surface area contributed by atoms with Gasteiger partial charge in [0.1, 0.15) is 5.75 Å². The largest absolute Gasteiger partial charge is 0.496 e. The fourth-order valence-electron chi connectivity index (χ4n) is 3.97. The number of carbonyl (C=O) groups is 2. The third kappa shape index (κ3) is 4.79. The fraction of sp³-hybridized carbons (Fsp3) is 0.348. The summed E-state index contributed by atoms with van der Waals surface area (Å²) >= 11 is 0. The molecule has 2 aromatic carbocycles. The van der Waals surface area contributed by atoms with Crippen LogP contribution in [0, 0.1) is 5.92 Å². The van der Waals surface area contributed by atoms with Gasteiger partial charge in [-0.1, -0.05) is 18.9 Å². The van der Waals surface area contributed by atoms with E-state index in [1.165, 1.54) is 26.0 Å². The molecule has 1 fully saturated rings. The number of ether oxygens (including phenoxy) is 2. The number of amides is 1. The van der Waals surface area contributed by atoms with Gasteiger partial charge in [-0.25, -0.2) is 9.59 Å². The van der Waals surface area contributed by atoms with Crippen molar-refractivity contribution in [3.63, 3.8) is 0 Å². The summed E-state index contributed by atoms with van der Waals surface area (Å²) in [4.78, 5) is 23.4. The van der Waals surface area contributed by atoms with E-state index < -0.39 is 12.1 Å². The van der Waals surface area contributed by atoms with Crippen molar-refractivity contribution in [3.8, 4) is 5.75 Å². The molecule has 0 saturated heterocycles. The Hall–Kier alpha value is -3.55. The first kappa shape index (κ1) is 20.7. The highest BCUT2D eigenvalue weighted by Crippen LogP contribution is 2.26. The van der Waals surface area contributed by atoms with Crippen molar-refractivity contribution in [2.45, 2.75) is 32.2 Å². The summed E-state index contributed by atoms with van der Waals surface area (Å²) in [5, 5.41) is 17.3. The molecule has 0 unspecified atom stereocenters. The van der Waals surface area contributed by atoms with Crippen LogP contribution in [0.25, 0.3) is 10.9 Å². The summed E-state index contributed by atoms with van der Waals surface area (Å²) in [7, 11) is 1.50. The van der Waals surface area contributed by atoms with Gasteiger partial charge in [0.25, 0.3) is 0 Å². The Bertz CT molecular complexity index is 1100. The standard InChI is InChI=1S/C23H25N3O5/c1-30-21-10-16(22(27)28)6-7-18(21)13-26-20-11-19(9-8-17(20)12-24-26)25-23(29)31-14-15-4-2-3-5-15/h6-12,15H,2-5,13-14H2,1H3,(H,25,29)(H,27,28). The number of carboxylic acid groups (broad SMARTS) is 1. The third-order valence-corrected chi connectivity index (χ3v) is 5.67. The molecule has 0 bridgehead atoms. The van der Waals surface area contributed by atoms with Crippen LogP contribution in [0.3, 0.4) is 0 Å². The monoisotopic (exact) mass is 423 g/mol. The van der Waals surface area contributed by atoms with Crippen LogP contribution in [0.2, 0.25) is 0 Å². The molecule has 0 atom stereocenters. The van der Waals surface area contributed by atoms with Gasteiger partial charge in [-0.05, 0) is 49.1 Å². The smallest absolute Gasteiger partial charge is 0.411 e. The van der Waals surface area contributed by atoms with Gasteiger partial charge in [0.2, 0.25) is 0 Å². The van der Waals surface area contributed by atoms with Crippen molar-refractivity contribution >= 4 is 28.7 Å². The summed E-state index contributed by atoms with van der Waals surface area (Å²) in [6.45, 7) is 0.848. The van der Waals surface area contributed by atoms with Crippen LogP contribution in [0.1, 0.15) is 41.6 Å². The van der Waals surface area contributed by atoms with Gasteiger partial charge in [0, 0.05) is 16.6 Å². The number of fused-ring (bicyclic) bond motifs is 1. The van der Waals surface area contributed by atoms with E-state index in [1.807, 2.05) is 18.2 Å². The van der Waals surface area contributed by atoms with E-state index in [4.69, 9.17) is 9.47 Å². The van der Waals surface area contributed by atoms with Crippen LogP contribution in [0.15, 0.2) is 42.6 Å². The number of carbonyl (C=O) groups excluding carboxylic acids is 1. The van der Waals surface area contributed by atoms with Crippen LogP contribution < -0.4 is 10.1 Å². The zero-order chi connectivity index (χ0) is 21.8. The predicted octanol–water partition coefficient (Wildman–Crippen LogP) is 4.53. The van der Waals surface area contributed by atoms with Crippen molar-refractivity contribution in [2.75, 3.05) is 19.0 Å². The van der Waals surface area contributed by atoms with E-state index in [2.05, 4.69) is 10.4 Å². The molecule has 0 spiro atoms. The number of carboxylic acids is 1. The molecule has 0 aliphatic heterocycles. The first-order valence-electron chi connectivity index (χ1n) is 10.3. The first-order valence-corrected chi connectivity index (χ1v) is 10.3. The van der Waals surface area contributed by atoms with E-state index in [0.29, 0.717) is 30.5 Å². The van der Waals surface area contributed by atoms with Crippen LogP contribution in [0.5, 0.6) is 5.75 Å². The fourth-order valence-corrected chi connectivity index (χ4v) is 3.97. The van der Waals surface area contributed by atoms with Gasteiger partial charge >= 0.3 is 12.1 Å². The van der Waals surface area contributed by atoms with Crippen molar-refractivity contribution in [1.82, 2.24) is 9.78 Å². The molecule has 31 heavy (non-hydrogen) atoms. The molecule has 1 aromatic heterocycles. The highest BCUT2D eigenvalue weighted by Gasteiger charge is 2.17. The molecule has 0 radical (unpaired) electrons. The molecule has 8 heteroatoms. The number of methoxy groups -OCH3 is 1. The second-order valence-electron chi connectivity index (χ2n) is 7.78. The molecule has 1 heterocycles. The highest BCUT2D eigenvalue weighted by molar-refractivity contribution is 5.90. The number of rotatable bonds is 7. The van der Waals surface area contributed by atoms with Gasteiger partial charge in [-0.3, -0.25) is 10.00 Å². The second kappa shape index (κ2) is 9.07. The molecule has 2 N–H and O–H groups in total. The number of aromatic carboxylic acids is 1. The zero-order valence-corrected chi connectivity index (χ0v) is 17.3. The summed E-state index contributed by atoms with van der Waals surface area (Å²) in [6.07, 6.45) is 5.95. The Morgan fingerprint density at radius 1 is 1.19 bits per heavy atom. The SMILES string of the molecule is COc1cc(C(=O)O)ccc1Cn1ncc2ccc(NC(=O)OCC3CCCC3)cc21. The van der Waals surface area contributed by atoms with E-state index in [9.17, 15) is 14.7 Å². The maximum Gasteiger partial charge on any atom is 0.411 e. The summed E-state index contributed by atoms with van der Waals surface area (Å²) in [6, 6.07) is 10.3. The van der Waals surface area contributed by atoms with Crippen molar-refractivity contribution < 1.29 is 24.2 Å². The van der Waals surface area contributed by atoms with E-state index in [1.54, 1.807) is 23.0 Å². The lowest BCUT2D eigenvalue weighted by Crippen LogP contribution is -2.17. The lowest BCUT2D eigenvalue weighted by molar-refractivity contribution is 0.0696. The van der Waals surface area contributed by atoms with Gasteiger partial charge in [0.05, 0.1) is 37.5 Å². The van der Waals surface area contributed by atoms with Crippen LogP contribution in [0.4, 0.5) is 10.5 Å². The molecular weight excluding hydrogens is 398 g/mol. The molecule has 1 amide bonds. The van der Waals surface area contributed by atoms with Crippen LogP contribution in [-0.2, 0) is 11.3 Å². The maximum atomic E-state index is 12.2. The lowest BCUT2D eigenvalue weighted by Gasteiger charge is -2.12. The van der Waals surface area contributed by atoms with E-state index in [0.717, 1.165) is 29.3 Å².